The van der Waals surface area contributed by atoms with Gasteiger partial charge >= 0.3 is 6.18 Å². The number of nitrogens with zero attached hydrogens (tertiary/aromatic N) is 1. The molecule has 0 N–H and O–H groups in total. The van der Waals surface area contributed by atoms with Gasteiger partial charge in [-0.15, -0.1) is 0 Å². The van der Waals surface area contributed by atoms with Crippen molar-refractivity contribution in [1.82, 2.24) is 4.90 Å². The molecule has 19 heavy (non-hydrogen) atoms. The van der Waals surface area contributed by atoms with Gasteiger partial charge in [0.1, 0.15) is 11.9 Å². The van der Waals surface area contributed by atoms with Crippen molar-refractivity contribution in [2.75, 3.05) is 13.1 Å². The second kappa shape index (κ2) is 5.11. The molecule has 1 aliphatic heterocycles. The topological polar surface area (TPSA) is 29.5 Å². The number of likely N-dealkylation sites (tertiary alicyclic amines) is 1. The number of ether oxygens (including phenoxy) is 1. The Kier molecular flexibility index (Phi) is 3.68. The highest BCUT2D eigenvalue weighted by Crippen LogP contribution is 2.36. The summed E-state index contributed by atoms with van der Waals surface area (Å²) in [6.45, 7) is 2.29. The van der Waals surface area contributed by atoms with Crippen molar-refractivity contribution in [3.05, 3.63) is 29.8 Å². The first-order valence-electron chi connectivity index (χ1n) is 5.96. The SMILES string of the molecule is CC(=O)N1CCC(Oc2ccccc2C(F)(F)F)C1. The molecule has 1 saturated heterocycles. The van der Waals surface area contributed by atoms with E-state index >= 15 is 0 Å². The van der Waals surface area contributed by atoms with Crippen LogP contribution in [-0.4, -0.2) is 30.0 Å². The van der Waals surface area contributed by atoms with Crippen molar-refractivity contribution in [3.63, 3.8) is 0 Å². The molecule has 0 aliphatic carbocycles. The number of para-hydroxylation sites is 1. The minimum Gasteiger partial charge on any atom is -0.488 e. The molecule has 0 aromatic heterocycles. The molecule has 1 aliphatic rings. The van der Waals surface area contributed by atoms with E-state index in [2.05, 4.69) is 0 Å². The van der Waals surface area contributed by atoms with Crippen LogP contribution in [0.2, 0.25) is 0 Å². The fourth-order valence-electron chi connectivity index (χ4n) is 2.09. The van der Waals surface area contributed by atoms with Gasteiger partial charge in [-0.3, -0.25) is 4.79 Å². The van der Waals surface area contributed by atoms with Gasteiger partial charge in [0.25, 0.3) is 0 Å². The number of carbonyl (C=O) groups excluding carboxylic acids is 1. The predicted octanol–water partition coefficient (Wildman–Crippen LogP) is 2.71. The van der Waals surface area contributed by atoms with Crippen LogP contribution in [0.4, 0.5) is 13.2 Å². The molecule has 104 valence electrons. The van der Waals surface area contributed by atoms with Crippen LogP contribution in [0.15, 0.2) is 24.3 Å². The Bertz CT molecular complexity index is 473. The third-order valence-electron chi connectivity index (χ3n) is 3.08. The molecule has 0 saturated carbocycles. The van der Waals surface area contributed by atoms with Crippen LogP contribution in [-0.2, 0) is 11.0 Å². The summed E-state index contributed by atoms with van der Waals surface area (Å²) < 4.78 is 43.7. The summed E-state index contributed by atoms with van der Waals surface area (Å²) >= 11 is 0. The smallest absolute Gasteiger partial charge is 0.419 e. The predicted molar refractivity (Wildman–Crippen MR) is 62.7 cm³/mol. The van der Waals surface area contributed by atoms with Crippen LogP contribution in [0, 0.1) is 0 Å². The zero-order chi connectivity index (χ0) is 14.0. The maximum Gasteiger partial charge on any atom is 0.419 e. The van der Waals surface area contributed by atoms with Crippen molar-refractivity contribution < 1.29 is 22.7 Å². The van der Waals surface area contributed by atoms with Gasteiger partial charge in [-0.2, -0.15) is 13.2 Å². The van der Waals surface area contributed by atoms with Gasteiger partial charge in [0.2, 0.25) is 5.91 Å². The summed E-state index contributed by atoms with van der Waals surface area (Å²) in [6.07, 6.45) is -4.27. The van der Waals surface area contributed by atoms with E-state index in [-0.39, 0.29) is 17.8 Å². The van der Waals surface area contributed by atoms with Crippen LogP contribution in [0.1, 0.15) is 18.9 Å². The number of alkyl halides is 3. The van der Waals surface area contributed by atoms with E-state index in [0.717, 1.165) is 6.07 Å². The maximum absolute atomic E-state index is 12.8. The molecule has 1 amide bonds. The van der Waals surface area contributed by atoms with Gasteiger partial charge in [-0.05, 0) is 12.1 Å². The van der Waals surface area contributed by atoms with Crippen molar-refractivity contribution in [2.45, 2.75) is 25.6 Å². The molecule has 1 heterocycles. The quantitative estimate of drug-likeness (QED) is 0.829. The minimum atomic E-state index is -4.44. The molecule has 1 aromatic carbocycles. The van der Waals surface area contributed by atoms with Gasteiger partial charge in [-0.25, -0.2) is 0 Å². The monoisotopic (exact) mass is 273 g/mol. The molecule has 1 aromatic rings. The van der Waals surface area contributed by atoms with Crippen molar-refractivity contribution in [3.8, 4) is 5.75 Å². The highest BCUT2D eigenvalue weighted by Gasteiger charge is 2.35. The Morgan fingerprint density at radius 2 is 2.05 bits per heavy atom. The molecular weight excluding hydrogens is 259 g/mol. The summed E-state index contributed by atoms with van der Waals surface area (Å²) in [4.78, 5) is 12.7. The molecule has 6 heteroatoms. The zero-order valence-corrected chi connectivity index (χ0v) is 10.4. The van der Waals surface area contributed by atoms with Gasteiger partial charge in [0.15, 0.2) is 0 Å². The lowest BCUT2D eigenvalue weighted by molar-refractivity contribution is -0.139. The highest BCUT2D eigenvalue weighted by molar-refractivity contribution is 5.73. The molecule has 1 atom stereocenters. The summed E-state index contributed by atoms with van der Waals surface area (Å²) in [5, 5.41) is 0. The zero-order valence-electron chi connectivity index (χ0n) is 10.4. The van der Waals surface area contributed by atoms with Crippen molar-refractivity contribution >= 4 is 5.91 Å². The fraction of sp³-hybridized carbons (Fsp3) is 0.462. The Morgan fingerprint density at radius 3 is 2.63 bits per heavy atom. The highest BCUT2D eigenvalue weighted by atomic mass is 19.4. The minimum absolute atomic E-state index is 0.0878. The molecule has 3 nitrogen and oxygen atoms in total. The molecule has 2 rings (SSSR count). The molecule has 1 unspecified atom stereocenters. The van der Waals surface area contributed by atoms with E-state index in [4.69, 9.17) is 4.74 Å². The average molecular weight is 273 g/mol. The van der Waals surface area contributed by atoms with E-state index < -0.39 is 11.7 Å². The largest absolute Gasteiger partial charge is 0.488 e. The van der Waals surface area contributed by atoms with Crippen LogP contribution in [0.3, 0.4) is 0 Å². The number of amides is 1. The van der Waals surface area contributed by atoms with E-state index in [1.807, 2.05) is 0 Å². The van der Waals surface area contributed by atoms with E-state index in [0.29, 0.717) is 19.5 Å². The summed E-state index contributed by atoms with van der Waals surface area (Å²) in [6, 6.07) is 5.13. The Morgan fingerprint density at radius 1 is 1.37 bits per heavy atom. The lowest BCUT2D eigenvalue weighted by Gasteiger charge is -2.18. The van der Waals surface area contributed by atoms with E-state index in [1.54, 1.807) is 4.90 Å². The number of hydrogen-bond donors (Lipinski definition) is 0. The van der Waals surface area contributed by atoms with Crippen molar-refractivity contribution in [2.24, 2.45) is 0 Å². The number of benzene rings is 1. The maximum atomic E-state index is 12.8. The first-order chi connectivity index (χ1) is 8.88. The molecular formula is C13H14F3NO2. The number of halogens is 3. The van der Waals surface area contributed by atoms with Crippen LogP contribution in [0.25, 0.3) is 0 Å². The van der Waals surface area contributed by atoms with E-state index in [9.17, 15) is 18.0 Å². The van der Waals surface area contributed by atoms with Gasteiger partial charge in [0, 0.05) is 19.9 Å². The van der Waals surface area contributed by atoms with Crippen LogP contribution in [0.5, 0.6) is 5.75 Å². The van der Waals surface area contributed by atoms with Gasteiger partial charge in [0.05, 0.1) is 12.1 Å². The van der Waals surface area contributed by atoms with Crippen molar-refractivity contribution in [1.29, 1.82) is 0 Å². The average Bonchev–Trinajstić information content (AvgIpc) is 2.77. The first kappa shape index (κ1) is 13.7. The third-order valence-corrected chi connectivity index (χ3v) is 3.08. The molecule has 0 spiro atoms. The van der Waals surface area contributed by atoms with Gasteiger partial charge in [-0.1, -0.05) is 12.1 Å². The molecule has 1 fully saturated rings. The molecule has 0 bridgehead atoms. The Labute approximate surface area is 109 Å². The summed E-state index contributed by atoms with van der Waals surface area (Å²) in [5.74, 6) is -0.263. The second-order valence-electron chi connectivity index (χ2n) is 4.49. The standard InChI is InChI=1S/C13H14F3NO2/c1-9(18)17-7-6-10(8-17)19-12-5-3-2-4-11(12)13(14,15)16/h2-5,10H,6-8H2,1H3. The lowest BCUT2D eigenvalue weighted by Crippen LogP contribution is -2.29. The number of carbonyl (C=O) groups is 1. The van der Waals surface area contributed by atoms with E-state index in [1.165, 1.54) is 25.1 Å². The Hall–Kier alpha value is -1.72. The first-order valence-corrected chi connectivity index (χ1v) is 5.96. The lowest BCUT2D eigenvalue weighted by atomic mass is 10.2. The second-order valence-corrected chi connectivity index (χ2v) is 4.49. The van der Waals surface area contributed by atoms with Gasteiger partial charge < -0.3 is 9.64 Å². The molecule has 0 radical (unpaired) electrons. The summed E-state index contributed by atoms with van der Waals surface area (Å²) in [5.41, 5.74) is -0.781. The normalized spacial score (nSPS) is 19.6. The van der Waals surface area contributed by atoms with Crippen LogP contribution < -0.4 is 4.74 Å². The van der Waals surface area contributed by atoms with Crippen LogP contribution >= 0.6 is 0 Å². The third kappa shape index (κ3) is 3.19. The summed E-state index contributed by atoms with van der Waals surface area (Å²) in [7, 11) is 0. The Balaban J connectivity index is 2.11. The number of rotatable bonds is 2. The fourth-order valence-corrected chi connectivity index (χ4v) is 2.09. The number of hydrogen-bond acceptors (Lipinski definition) is 2.